The number of alkyl halides is 2. The van der Waals surface area contributed by atoms with Gasteiger partial charge in [-0.05, 0) is 61.1 Å². The van der Waals surface area contributed by atoms with Crippen LogP contribution in [0.2, 0.25) is 0 Å². The molecule has 0 saturated heterocycles. The lowest BCUT2D eigenvalue weighted by Crippen LogP contribution is -2.48. The molecule has 0 radical (unpaired) electrons. The molecule has 0 aromatic heterocycles. The number of anilines is 1. The number of esters is 1. The topological polar surface area (TPSA) is 69.3 Å². The van der Waals surface area contributed by atoms with Crippen LogP contribution in [0.4, 0.5) is 14.5 Å². The van der Waals surface area contributed by atoms with Gasteiger partial charge in [0.15, 0.2) is 16.6 Å². The van der Waals surface area contributed by atoms with E-state index >= 15 is 0 Å². The Labute approximate surface area is 189 Å². The highest BCUT2D eigenvalue weighted by Crippen LogP contribution is 2.38. The van der Waals surface area contributed by atoms with Gasteiger partial charge in [-0.15, -0.1) is 0 Å². The van der Waals surface area contributed by atoms with Gasteiger partial charge in [-0.3, -0.25) is 4.90 Å². The minimum absolute atomic E-state index is 0.0926. The van der Waals surface area contributed by atoms with Crippen LogP contribution in [0.1, 0.15) is 18.5 Å². The van der Waals surface area contributed by atoms with E-state index in [1.165, 1.54) is 26.4 Å². The lowest BCUT2D eigenvalue weighted by Gasteiger charge is -2.37. The zero-order valence-electron chi connectivity index (χ0n) is 17.8. The van der Waals surface area contributed by atoms with Gasteiger partial charge in [-0.2, -0.15) is 8.78 Å². The number of hydrogen-bond donors (Lipinski definition) is 1. The van der Waals surface area contributed by atoms with E-state index < -0.39 is 18.6 Å². The molecule has 1 aliphatic rings. The van der Waals surface area contributed by atoms with E-state index in [0.29, 0.717) is 27.7 Å². The second kappa shape index (κ2) is 9.82. The summed E-state index contributed by atoms with van der Waals surface area (Å²) in [4.78, 5) is 14.5. The molecule has 1 unspecified atom stereocenters. The normalized spacial score (nSPS) is 16.0. The average Bonchev–Trinajstić information content (AvgIpc) is 2.78. The molecule has 170 valence electrons. The molecule has 2 aromatic rings. The van der Waals surface area contributed by atoms with Crippen LogP contribution in [0.15, 0.2) is 53.7 Å². The highest BCUT2D eigenvalue weighted by molar-refractivity contribution is 7.80. The number of allylic oxidation sites excluding steroid dienone is 1. The predicted molar refractivity (Wildman–Crippen MR) is 118 cm³/mol. The van der Waals surface area contributed by atoms with E-state index in [1.54, 1.807) is 37.1 Å². The first kappa shape index (κ1) is 23.3. The van der Waals surface area contributed by atoms with Crippen molar-refractivity contribution in [2.45, 2.75) is 19.6 Å². The van der Waals surface area contributed by atoms with Crippen molar-refractivity contribution in [3.8, 4) is 17.2 Å². The molecule has 0 aliphatic carbocycles. The van der Waals surface area contributed by atoms with Gasteiger partial charge < -0.3 is 24.3 Å². The second-order valence-corrected chi connectivity index (χ2v) is 7.08. The van der Waals surface area contributed by atoms with Gasteiger partial charge in [0.2, 0.25) is 0 Å². The van der Waals surface area contributed by atoms with Crippen LogP contribution in [-0.2, 0) is 9.53 Å². The lowest BCUT2D eigenvalue weighted by atomic mass is 9.94. The number of hydrogen-bond acceptors (Lipinski definition) is 6. The molecule has 1 atom stereocenters. The molecule has 0 amide bonds. The van der Waals surface area contributed by atoms with Crippen molar-refractivity contribution < 1.29 is 32.5 Å². The van der Waals surface area contributed by atoms with Crippen LogP contribution >= 0.6 is 12.2 Å². The Hall–Kier alpha value is -3.40. The Morgan fingerprint density at radius 1 is 1.06 bits per heavy atom. The van der Waals surface area contributed by atoms with Crippen LogP contribution < -0.4 is 24.4 Å². The molecule has 0 saturated carbocycles. The summed E-state index contributed by atoms with van der Waals surface area (Å²) >= 11 is 5.59. The third kappa shape index (κ3) is 4.59. The smallest absolute Gasteiger partial charge is 0.387 e. The number of methoxy groups -OCH3 is 3. The molecule has 1 aliphatic heterocycles. The van der Waals surface area contributed by atoms with Gasteiger partial charge in [0, 0.05) is 11.4 Å². The summed E-state index contributed by atoms with van der Waals surface area (Å²) in [6.07, 6.45) is 0. The molecular weight excluding hydrogens is 442 g/mol. The number of halogens is 2. The van der Waals surface area contributed by atoms with Crippen LogP contribution in [0.25, 0.3) is 0 Å². The van der Waals surface area contributed by atoms with Crippen molar-refractivity contribution in [1.29, 1.82) is 0 Å². The summed E-state index contributed by atoms with van der Waals surface area (Å²) in [6.45, 7) is -1.25. The maximum atomic E-state index is 12.7. The van der Waals surface area contributed by atoms with E-state index in [2.05, 4.69) is 10.1 Å². The van der Waals surface area contributed by atoms with Crippen molar-refractivity contribution in [3.63, 3.8) is 0 Å². The summed E-state index contributed by atoms with van der Waals surface area (Å²) in [5.74, 6) is 0.0863. The number of thiocarbonyl (C=S) groups is 1. The predicted octanol–water partition coefficient (Wildman–Crippen LogP) is 4.19. The fourth-order valence-electron chi connectivity index (χ4n) is 3.47. The molecule has 32 heavy (non-hydrogen) atoms. The molecule has 1 heterocycles. The second-order valence-electron chi connectivity index (χ2n) is 6.70. The Morgan fingerprint density at radius 3 is 2.31 bits per heavy atom. The molecule has 2 aromatic carbocycles. The Bertz CT molecular complexity index is 1040. The maximum Gasteiger partial charge on any atom is 0.387 e. The molecule has 10 heteroatoms. The Morgan fingerprint density at radius 2 is 1.75 bits per heavy atom. The fourth-order valence-corrected chi connectivity index (χ4v) is 3.83. The molecular formula is C22H22F2N2O5S. The zero-order valence-corrected chi connectivity index (χ0v) is 18.7. The minimum atomic E-state index is -3.00. The SMILES string of the molecule is COC(=O)C1=C(C)N(c2ccc(OC)cc2)C(=S)NC1c1ccc(OC(F)F)c(OC)c1. The van der Waals surface area contributed by atoms with Crippen LogP contribution in [-0.4, -0.2) is 39.0 Å². The van der Waals surface area contributed by atoms with Gasteiger partial charge in [0.05, 0.1) is 32.9 Å². The average molecular weight is 464 g/mol. The van der Waals surface area contributed by atoms with Gasteiger partial charge >= 0.3 is 12.6 Å². The highest BCUT2D eigenvalue weighted by atomic mass is 32.1. The minimum Gasteiger partial charge on any atom is -0.497 e. The quantitative estimate of drug-likeness (QED) is 0.483. The van der Waals surface area contributed by atoms with Crippen molar-refractivity contribution in [2.75, 3.05) is 26.2 Å². The molecule has 0 fully saturated rings. The first-order chi connectivity index (χ1) is 15.3. The summed E-state index contributed by atoms with van der Waals surface area (Å²) in [7, 11) is 4.19. The Balaban J connectivity index is 2.08. The van der Waals surface area contributed by atoms with Crippen molar-refractivity contribution in [2.24, 2.45) is 0 Å². The van der Waals surface area contributed by atoms with E-state index in [0.717, 1.165) is 5.69 Å². The van der Waals surface area contributed by atoms with Gasteiger partial charge in [0.25, 0.3) is 0 Å². The monoisotopic (exact) mass is 464 g/mol. The number of carbonyl (C=O) groups is 1. The van der Waals surface area contributed by atoms with Gasteiger partial charge in [-0.25, -0.2) is 4.79 Å². The number of nitrogens with zero attached hydrogens (tertiary/aromatic N) is 1. The van der Waals surface area contributed by atoms with E-state index in [1.807, 2.05) is 12.1 Å². The van der Waals surface area contributed by atoms with Crippen molar-refractivity contribution >= 4 is 29.0 Å². The van der Waals surface area contributed by atoms with Crippen molar-refractivity contribution in [1.82, 2.24) is 5.32 Å². The molecule has 1 N–H and O–H groups in total. The van der Waals surface area contributed by atoms with Gasteiger partial charge in [-0.1, -0.05) is 6.07 Å². The third-order valence-corrected chi connectivity index (χ3v) is 5.26. The standard InChI is InChI=1S/C22H22F2N2O5S/c1-12-18(20(27)30-4)19(13-5-10-16(31-21(23)24)17(11-13)29-3)25-22(32)26(12)14-6-8-15(28-2)9-7-14/h5-11,19,21H,1-4H3,(H,25,32). The summed E-state index contributed by atoms with van der Waals surface area (Å²) < 4.78 is 45.2. The number of benzene rings is 2. The third-order valence-electron chi connectivity index (χ3n) is 4.96. The number of carbonyl (C=O) groups excluding carboxylic acids is 1. The zero-order chi connectivity index (χ0) is 23.4. The first-order valence-corrected chi connectivity index (χ1v) is 9.88. The maximum absolute atomic E-state index is 12.7. The van der Waals surface area contributed by atoms with E-state index in [-0.39, 0.29) is 11.5 Å². The molecule has 0 spiro atoms. The van der Waals surface area contributed by atoms with Gasteiger partial charge in [0.1, 0.15) is 5.75 Å². The van der Waals surface area contributed by atoms with Crippen LogP contribution in [0.5, 0.6) is 17.2 Å². The summed E-state index contributed by atoms with van der Waals surface area (Å²) in [5.41, 5.74) is 2.14. The molecule has 0 bridgehead atoms. The van der Waals surface area contributed by atoms with Crippen LogP contribution in [0, 0.1) is 0 Å². The Kier molecular flexibility index (Phi) is 7.14. The highest BCUT2D eigenvalue weighted by Gasteiger charge is 2.35. The summed E-state index contributed by atoms with van der Waals surface area (Å²) in [5, 5.41) is 3.48. The number of ether oxygens (including phenoxy) is 4. The van der Waals surface area contributed by atoms with E-state index in [9.17, 15) is 13.6 Å². The largest absolute Gasteiger partial charge is 0.497 e. The lowest BCUT2D eigenvalue weighted by molar-refractivity contribution is -0.136. The van der Waals surface area contributed by atoms with E-state index in [4.69, 9.17) is 26.4 Å². The number of nitrogens with one attached hydrogen (secondary N) is 1. The molecule has 7 nitrogen and oxygen atoms in total. The van der Waals surface area contributed by atoms with Crippen molar-refractivity contribution in [3.05, 3.63) is 59.3 Å². The first-order valence-electron chi connectivity index (χ1n) is 9.47. The fraction of sp³-hybridized carbons (Fsp3) is 0.273. The molecule has 3 rings (SSSR count). The summed E-state index contributed by atoms with van der Waals surface area (Å²) in [6, 6.07) is 10.9. The number of rotatable bonds is 7. The van der Waals surface area contributed by atoms with Crippen LogP contribution in [0.3, 0.4) is 0 Å².